The van der Waals surface area contributed by atoms with E-state index in [1.165, 1.54) is 6.42 Å². The van der Waals surface area contributed by atoms with E-state index in [2.05, 4.69) is 49.1 Å². The lowest BCUT2D eigenvalue weighted by Crippen LogP contribution is -2.68. The van der Waals surface area contributed by atoms with Crippen molar-refractivity contribution in [2.75, 3.05) is 29.4 Å². The Morgan fingerprint density at radius 2 is 2.05 bits per heavy atom. The first kappa shape index (κ1) is 24.6. The molecule has 0 spiro atoms. The van der Waals surface area contributed by atoms with E-state index in [-0.39, 0.29) is 5.56 Å². The van der Waals surface area contributed by atoms with Crippen molar-refractivity contribution in [3.8, 4) is 17.2 Å². The van der Waals surface area contributed by atoms with Crippen LogP contribution in [0.3, 0.4) is 0 Å². The highest BCUT2D eigenvalue weighted by atomic mass is 16.3. The first-order valence-electron chi connectivity index (χ1n) is 13.6. The molecule has 10 nitrogen and oxygen atoms in total. The van der Waals surface area contributed by atoms with Gasteiger partial charge in [0.1, 0.15) is 11.9 Å². The maximum atomic E-state index is 11.4. The number of nitrogens with one attached hydrogen (secondary N) is 1. The summed E-state index contributed by atoms with van der Waals surface area (Å²) >= 11 is 0. The summed E-state index contributed by atoms with van der Waals surface area (Å²) in [5.41, 5.74) is 4.26. The third-order valence-corrected chi connectivity index (χ3v) is 8.46. The number of nitriles is 1. The summed E-state index contributed by atoms with van der Waals surface area (Å²) in [5.74, 6) is 0.949. The zero-order chi connectivity index (χ0) is 27.4. The predicted molar refractivity (Wildman–Crippen MR) is 152 cm³/mol. The number of aromatic nitrogens is 4. The van der Waals surface area contributed by atoms with E-state index in [0.29, 0.717) is 30.6 Å². The number of aromatic amines is 1. The van der Waals surface area contributed by atoms with Crippen LogP contribution in [0.5, 0.6) is 0 Å². The van der Waals surface area contributed by atoms with Gasteiger partial charge in [0, 0.05) is 74.0 Å². The van der Waals surface area contributed by atoms with Gasteiger partial charge in [0.25, 0.3) is 0 Å². The largest absolute Gasteiger partial charge is 0.386 e. The van der Waals surface area contributed by atoms with Gasteiger partial charge >= 0.3 is 0 Å². The van der Waals surface area contributed by atoms with Crippen molar-refractivity contribution < 1.29 is 5.11 Å². The lowest BCUT2D eigenvalue weighted by molar-refractivity contribution is -0.00876. The number of hydrogen-bond acceptors (Lipinski definition) is 8. The second-order valence-electron chi connectivity index (χ2n) is 11.3. The maximum Gasteiger partial charge on any atom is 0.247 e. The zero-order valence-electron chi connectivity index (χ0n) is 22.2. The molecule has 0 amide bonds. The van der Waals surface area contributed by atoms with Crippen LogP contribution in [0, 0.1) is 11.3 Å². The molecule has 0 aromatic carbocycles. The van der Waals surface area contributed by atoms with Crippen molar-refractivity contribution in [3.63, 3.8) is 0 Å². The number of hydrogen-bond donors (Lipinski definition) is 2. The molecule has 4 aliphatic heterocycles. The normalized spacial score (nSPS) is 24.2. The molecule has 40 heavy (non-hydrogen) atoms. The highest BCUT2D eigenvalue weighted by Crippen LogP contribution is 2.37. The van der Waals surface area contributed by atoms with Crippen LogP contribution in [0.15, 0.2) is 72.2 Å². The molecule has 3 atom stereocenters. The van der Waals surface area contributed by atoms with Crippen LogP contribution in [0.2, 0.25) is 0 Å². The molecule has 0 radical (unpaired) electrons. The van der Waals surface area contributed by atoms with Crippen molar-refractivity contribution in [1.29, 1.82) is 5.26 Å². The van der Waals surface area contributed by atoms with Gasteiger partial charge in [-0.15, -0.1) is 0 Å². The van der Waals surface area contributed by atoms with Crippen molar-refractivity contribution in [1.82, 2.24) is 24.5 Å². The molecule has 4 aromatic heterocycles. The van der Waals surface area contributed by atoms with Crippen molar-refractivity contribution in [2.45, 2.75) is 44.0 Å². The van der Waals surface area contributed by atoms with Gasteiger partial charge in [0.2, 0.25) is 5.56 Å². The van der Waals surface area contributed by atoms with Crippen LogP contribution in [-0.2, 0) is 6.54 Å². The van der Waals surface area contributed by atoms with Crippen LogP contribution in [0.1, 0.15) is 30.9 Å². The van der Waals surface area contributed by atoms with E-state index < -0.39 is 5.60 Å². The molecule has 8 rings (SSSR count). The molecule has 2 bridgehead atoms. The minimum atomic E-state index is -0.809. The fourth-order valence-electron chi connectivity index (χ4n) is 6.15. The standard InChI is InChI=1S/C30H30N8O2/c1-30(40)6-8-35(9-7-30)23-11-26(29-22(12-31)15-34-38(29)19-23)21-3-4-27(32-14-21)36-17-24-10-25(18-36)37(24)16-20-2-5-28(39)33-13-20/h2-6,8,11,13-15,19,24-25,40H,7,9-10,16-18H2,1H3,(H,33,39). The molecule has 10 heteroatoms. The smallest absolute Gasteiger partial charge is 0.247 e. The molecular weight excluding hydrogens is 504 g/mol. The predicted octanol–water partition coefficient (Wildman–Crippen LogP) is 2.89. The van der Waals surface area contributed by atoms with Gasteiger partial charge < -0.3 is 19.9 Å². The third-order valence-electron chi connectivity index (χ3n) is 8.46. The van der Waals surface area contributed by atoms with E-state index in [4.69, 9.17) is 4.98 Å². The fraction of sp³-hybridized carbons (Fsp3) is 0.333. The van der Waals surface area contributed by atoms with Gasteiger partial charge in [-0.05, 0) is 49.6 Å². The highest BCUT2D eigenvalue weighted by molar-refractivity contribution is 5.86. The SMILES string of the molecule is CC1(O)C=CN(c2cc(-c3ccc(N4CC5CC(C4)N5Cc4ccc(=O)[nH]c4)nc3)c3c(C#N)cnn3c2)CC1. The van der Waals surface area contributed by atoms with Gasteiger partial charge in [0.05, 0.1) is 34.8 Å². The molecule has 3 fully saturated rings. The average Bonchev–Trinajstić information content (AvgIpc) is 3.40. The molecule has 8 heterocycles. The number of fused-ring (bicyclic) bond motifs is 3. The number of anilines is 2. The highest BCUT2D eigenvalue weighted by Gasteiger charge is 2.44. The van der Waals surface area contributed by atoms with Gasteiger partial charge in [-0.25, -0.2) is 9.50 Å². The van der Waals surface area contributed by atoms with E-state index in [0.717, 1.165) is 53.3 Å². The van der Waals surface area contributed by atoms with E-state index >= 15 is 0 Å². The lowest BCUT2D eigenvalue weighted by Gasteiger charge is -2.56. The van der Waals surface area contributed by atoms with Crippen LogP contribution in [-0.4, -0.2) is 66.9 Å². The number of piperazine rings is 1. The van der Waals surface area contributed by atoms with Gasteiger partial charge in [-0.1, -0.05) is 6.07 Å². The Labute approximate surface area is 231 Å². The van der Waals surface area contributed by atoms with Gasteiger partial charge in [0.15, 0.2) is 0 Å². The summed E-state index contributed by atoms with van der Waals surface area (Å²) in [4.78, 5) is 26.0. The molecule has 4 aliphatic rings. The lowest BCUT2D eigenvalue weighted by atomic mass is 9.87. The Morgan fingerprint density at radius 1 is 1.20 bits per heavy atom. The second kappa shape index (κ2) is 9.33. The summed E-state index contributed by atoms with van der Waals surface area (Å²) in [6.07, 6.45) is 12.7. The number of rotatable bonds is 5. The Morgan fingerprint density at radius 3 is 2.73 bits per heavy atom. The Bertz CT molecular complexity index is 1680. The summed E-state index contributed by atoms with van der Waals surface area (Å²) < 4.78 is 1.76. The van der Waals surface area contributed by atoms with Gasteiger partial charge in [-0.2, -0.15) is 10.4 Å². The molecule has 3 unspecified atom stereocenters. The summed E-state index contributed by atoms with van der Waals surface area (Å²) in [6.45, 7) is 5.16. The molecular formula is C30H30N8O2. The third kappa shape index (κ3) is 4.33. The summed E-state index contributed by atoms with van der Waals surface area (Å²) in [7, 11) is 0. The van der Waals surface area contributed by atoms with Gasteiger partial charge in [-0.3, -0.25) is 9.69 Å². The summed E-state index contributed by atoms with van der Waals surface area (Å²) in [5, 5.41) is 24.5. The molecule has 2 N–H and O–H groups in total. The zero-order valence-corrected chi connectivity index (χ0v) is 22.2. The minimum absolute atomic E-state index is 0.0737. The van der Waals surface area contributed by atoms with Crippen molar-refractivity contribution in [2.24, 2.45) is 0 Å². The second-order valence-corrected chi connectivity index (χ2v) is 11.3. The number of aliphatic hydroxyl groups is 1. The minimum Gasteiger partial charge on any atom is -0.386 e. The fourth-order valence-corrected chi connectivity index (χ4v) is 6.15. The number of pyridine rings is 3. The van der Waals surface area contributed by atoms with E-state index in [9.17, 15) is 15.2 Å². The van der Waals surface area contributed by atoms with Crippen LogP contribution >= 0.6 is 0 Å². The van der Waals surface area contributed by atoms with Crippen LogP contribution in [0.25, 0.3) is 16.6 Å². The van der Waals surface area contributed by atoms with Crippen molar-refractivity contribution >= 4 is 17.0 Å². The van der Waals surface area contributed by atoms with E-state index in [1.54, 1.807) is 16.8 Å². The molecule has 4 aromatic rings. The molecule has 0 saturated carbocycles. The Kier molecular flexibility index (Phi) is 5.73. The van der Waals surface area contributed by atoms with Crippen LogP contribution in [0.4, 0.5) is 11.5 Å². The number of H-pyrrole nitrogens is 1. The Hall–Kier alpha value is -4.46. The monoisotopic (exact) mass is 534 g/mol. The molecule has 0 aliphatic carbocycles. The number of piperidine rings is 1. The first-order valence-corrected chi connectivity index (χ1v) is 13.6. The maximum absolute atomic E-state index is 11.4. The number of nitrogens with zero attached hydrogens (tertiary/aromatic N) is 7. The summed E-state index contributed by atoms with van der Waals surface area (Å²) in [6, 6.07) is 12.9. The average molecular weight is 535 g/mol. The van der Waals surface area contributed by atoms with Crippen molar-refractivity contribution in [3.05, 3.63) is 88.9 Å². The Balaban J connectivity index is 1.13. The quantitative estimate of drug-likeness (QED) is 0.402. The topological polar surface area (TPSA) is 117 Å². The molecule has 202 valence electrons. The van der Waals surface area contributed by atoms with Crippen LogP contribution < -0.4 is 15.4 Å². The first-order chi connectivity index (χ1) is 19.4. The van der Waals surface area contributed by atoms with E-state index in [1.807, 2.05) is 43.9 Å². The molecule has 3 saturated heterocycles.